The lowest BCUT2D eigenvalue weighted by molar-refractivity contribution is 0.436. The molecule has 1 N–H and O–H groups in total. The van der Waals surface area contributed by atoms with Crippen LogP contribution in [0.3, 0.4) is 0 Å². The van der Waals surface area contributed by atoms with Crippen LogP contribution in [0.25, 0.3) is 0 Å². The maximum atomic E-state index is 4.48. The zero-order valence-electron chi connectivity index (χ0n) is 11.8. The van der Waals surface area contributed by atoms with Crippen molar-refractivity contribution in [1.82, 2.24) is 25.1 Å². The van der Waals surface area contributed by atoms with Crippen LogP contribution >= 0.6 is 23.1 Å². The third-order valence-electron chi connectivity index (χ3n) is 3.52. The summed E-state index contributed by atoms with van der Waals surface area (Å²) in [6, 6.07) is 0. The van der Waals surface area contributed by atoms with E-state index in [2.05, 4.69) is 37.5 Å². The van der Waals surface area contributed by atoms with Gasteiger partial charge in [-0.25, -0.2) is 4.98 Å². The molecule has 108 valence electrons. The van der Waals surface area contributed by atoms with Crippen LogP contribution in [0.5, 0.6) is 0 Å². The summed E-state index contributed by atoms with van der Waals surface area (Å²) in [6.45, 7) is 4.17. The first kappa shape index (κ1) is 14.0. The summed E-state index contributed by atoms with van der Waals surface area (Å²) in [7, 11) is 2.07. The highest BCUT2D eigenvalue weighted by molar-refractivity contribution is 7.98. The normalized spacial score (nSPS) is 19.4. The molecular weight excluding hydrogens is 290 g/mol. The molecular formula is C13H19N5S2. The third kappa shape index (κ3) is 3.05. The SMILES string of the molecule is Cc1csc(CSc2nnc([C@H]3CCCNC3)n2C)n1. The van der Waals surface area contributed by atoms with Gasteiger partial charge in [0, 0.05) is 30.6 Å². The minimum absolute atomic E-state index is 0.498. The Morgan fingerprint density at radius 2 is 2.40 bits per heavy atom. The molecule has 2 aromatic rings. The van der Waals surface area contributed by atoms with Gasteiger partial charge in [0.25, 0.3) is 0 Å². The fourth-order valence-corrected chi connectivity index (χ4v) is 4.18. The van der Waals surface area contributed by atoms with Gasteiger partial charge in [0.15, 0.2) is 5.16 Å². The lowest BCUT2D eigenvalue weighted by Crippen LogP contribution is -2.29. The van der Waals surface area contributed by atoms with Crippen LogP contribution in [0, 0.1) is 6.92 Å². The van der Waals surface area contributed by atoms with Gasteiger partial charge >= 0.3 is 0 Å². The standard InChI is InChI=1S/C13H19N5S2/c1-9-7-19-11(15-9)8-20-13-17-16-12(18(13)2)10-4-3-5-14-6-10/h7,10,14H,3-6,8H2,1-2H3/t10-/m0/s1. The zero-order valence-corrected chi connectivity index (χ0v) is 13.4. The van der Waals surface area contributed by atoms with Gasteiger partial charge in [-0.2, -0.15) is 0 Å². The number of hydrogen-bond acceptors (Lipinski definition) is 6. The van der Waals surface area contributed by atoms with Crippen LogP contribution in [0.4, 0.5) is 0 Å². The fourth-order valence-electron chi connectivity index (χ4n) is 2.47. The second-order valence-corrected chi connectivity index (χ2v) is 7.00. The molecule has 0 unspecified atom stereocenters. The predicted molar refractivity (Wildman–Crippen MR) is 82.3 cm³/mol. The van der Waals surface area contributed by atoms with E-state index >= 15 is 0 Å². The van der Waals surface area contributed by atoms with Crippen molar-refractivity contribution >= 4 is 23.1 Å². The molecule has 1 saturated heterocycles. The summed E-state index contributed by atoms with van der Waals surface area (Å²) < 4.78 is 2.14. The Bertz CT molecular complexity index is 571. The van der Waals surface area contributed by atoms with Crippen molar-refractivity contribution in [3.63, 3.8) is 0 Å². The summed E-state index contributed by atoms with van der Waals surface area (Å²) in [6.07, 6.45) is 2.42. The fraction of sp³-hybridized carbons (Fsp3) is 0.615. The summed E-state index contributed by atoms with van der Waals surface area (Å²) in [5, 5.41) is 16.4. The highest BCUT2D eigenvalue weighted by Crippen LogP contribution is 2.27. The quantitative estimate of drug-likeness (QED) is 0.879. The van der Waals surface area contributed by atoms with E-state index in [9.17, 15) is 0 Å². The van der Waals surface area contributed by atoms with Crippen LogP contribution < -0.4 is 5.32 Å². The van der Waals surface area contributed by atoms with Gasteiger partial charge < -0.3 is 9.88 Å². The first-order valence-corrected chi connectivity index (χ1v) is 8.74. The van der Waals surface area contributed by atoms with Gasteiger partial charge in [-0.05, 0) is 26.3 Å². The number of nitrogens with one attached hydrogen (secondary N) is 1. The second kappa shape index (κ2) is 6.24. The van der Waals surface area contributed by atoms with Crippen molar-refractivity contribution in [1.29, 1.82) is 0 Å². The van der Waals surface area contributed by atoms with Crippen LogP contribution in [0.2, 0.25) is 0 Å². The Hall–Kier alpha value is -0.920. The number of aromatic nitrogens is 4. The molecule has 0 radical (unpaired) electrons. The Morgan fingerprint density at radius 1 is 1.50 bits per heavy atom. The number of piperidine rings is 1. The Labute approximate surface area is 127 Å². The summed E-state index contributed by atoms with van der Waals surface area (Å²) in [4.78, 5) is 4.48. The van der Waals surface area contributed by atoms with E-state index in [4.69, 9.17) is 0 Å². The number of thiazole rings is 1. The molecule has 0 saturated carbocycles. The number of hydrogen-bond donors (Lipinski definition) is 1. The van der Waals surface area contributed by atoms with Crippen LogP contribution in [0.1, 0.15) is 35.3 Å². The van der Waals surface area contributed by atoms with Crippen molar-refractivity contribution < 1.29 is 0 Å². The molecule has 0 aliphatic carbocycles. The molecule has 1 aliphatic rings. The molecule has 0 aromatic carbocycles. The van der Waals surface area contributed by atoms with E-state index in [1.165, 1.54) is 12.8 Å². The van der Waals surface area contributed by atoms with Crippen molar-refractivity contribution in [3.05, 3.63) is 21.9 Å². The van der Waals surface area contributed by atoms with Crippen molar-refractivity contribution in [2.75, 3.05) is 13.1 Å². The highest BCUT2D eigenvalue weighted by atomic mass is 32.2. The van der Waals surface area contributed by atoms with E-state index in [0.717, 1.165) is 40.5 Å². The topological polar surface area (TPSA) is 55.6 Å². The minimum atomic E-state index is 0.498. The number of thioether (sulfide) groups is 1. The Kier molecular flexibility index (Phi) is 4.38. The second-order valence-electron chi connectivity index (χ2n) is 5.11. The van der Waals surface area contributed by atoms with E-state index < -0.39 is 0 Å². The Morgan fingerprint density at radius 3 is 3.10 bits per heavy atom. The lowest BCUT2D eigenvalue weighted by atomic mass is 9.99. The van der Waals surface area contributed by atoms with E-state index in [-0.39, 0.29) is 0 Å². The largest absolute Gasteiger partial charge is 0.316 e. The van der Waals surface area contributed by atoms with E-state index in [0.29, 0.717) is 5.92 Å². The molecule has 1 aliphatic heterocycles. The van der Waals surface area contributed by atoms with Gasteiger partial charge in [-0.1, -0.05) is 11.8 Å². The maximum Gasteiger partial charge on any atom is 0.191 e. The molecule has 0 spiro atoms. The van der Waals surface area contributed by atoms with Gasteiger partial charge in [-0.3, -0.25) is 0 Å². The first-order chi connectivity index (χ1) is 9.74. The number of nitrogens with zero attached hydrogens (tertiary/aromatic N) is 4. The summed E-state index contributed by atoms with van der Waals surface area (Å²) in [5.74, 6) is 2.47. The lowest BCUT2D eigenvalue weighted by Gasteiger charge is -2.21. The third-order valence-corrected chi connectivity index (χ3v) is 5.70. The van der Waals surface area contributed by atoms with Crippen molar-refractivity contribution in [2.24, 2.45) is 7.05 Å². The molecule has 7 heteroatoms. The van der Waals surface area contributed by atoms with Gasteiger partial charge in [-0.15, -0.1) is 21.5 Å². The van der Waals surface area contributed by atoms with Crippen LogP contribution in [-0.4, -0.2) is 32.8 Å². The Balaban J connectivity index is 1.66. The van der Waals surface area contributed by atoms with Gasteiger partial charge in [0.1, 0.15) is 10.8 Å². The molecule has 5 nitrogen and oxygen atoms in total. The summed E-state index contributed by atoms with van der Waals surface area (Å²) in [5.41, 5.74) is 1.09. The van der Waals surface area contributed by atoms with E-state index in [1.807, 2.05) is 6.92 Å². The van der Waals surface area contributed by atoms with E-state index in [1.54, 1.807) is 23.1 Å². The van der Waals surface area contributed by atoms with Gasteiger partial charge in [0.05, 0.1) is 5.75 Å². The average Bonchev–Trinajstić information content (AvgIpc) is 3.04. The first-order valence-electron chi connectivity index (χ1n) is 6.88. The molecule has 3 heterocycles. The van der Waals surface area contributed by atoms with Crippen LogP contribution in [-0.2, 0) is 12.8 Å². The minimum Gasteiger partial charge on any atom is -0.316 e. The average molecular weight is 309 g/mol. The zero-order chi connectivity index (χ0) is 13.9. The predicted octanol–water partition coefficient (Wildman–Crippen LogP) is 2.34. The monoisotopic (exact) mass is 309 g/mol. The van der Waals surface area contributed by atoms with Crippen LogP contribution in [0.15, 0.2) is 10.5 Å². The van der Waals surface area contributed by atoms with Crippen molar-refractivity contribution in [2.45, 2.75) is 36.6 Å². The van der Waals surface area contributed by atoms with Crippen molar-refractivity contribution in [3.8, 4) is 0 Å². The van der Waals surface area contributed by atoms with Gasteiger partial charge in [0.2, 0.25) is 0 Å². The molecule has 0 amide bonds. The highest BCUT2D eigenvalue weighted by Gasteiger charge is 2.21. The molecule has 1 fully saturated rings. The molecule has 2 aromatic heterocycles. The maximum absolute atomic E-state index is 4.48. The number of aryl methyl sites for hydroxylation is 1. The molecule has 1 atom stereocenters. The molecule has 20 heavy (non-hydrogen) atoms. The molecule has 0 bridgehead atoms. The molecule has 3 rings (SSSR count). The summed E-state index contributed by atoms with van der Waals surface area (Å²) >= 11 is 3.43. The number of rotatable bonds is 4. The smallest absolute Gasteiger partial charge is 0.191 e.